The molecule has 0 aliphatic heterocycles. The van der Waals surface area contributed by atoms with Crippen molar-refractivity contribution in [2.45, 2.75) is 6.92 Å². The molecule has 0 atom stereocenters. The Balaban J connectivity index is 2.65. The number of carbonyl (C=O) groups excluding carboxylic acids is 2. The lowest BCUT2D eigenvalue weighted by atomic mass is 10.1. The minimum absolute atomic E-state index is 0.123. The number of aromatic nitrogens is 1. The van der Waals surface area contributed by atoms with E-state index < -0.39 is 5.97 Å². The van der Waals surface area contributed by atoms with Crippen LogP contribution in [-0.2, 0) is 4.74 Å². The van der Waals surface area contributed by atoms with Crippen molar-refractivity contribution in [3.8, 4) is 5.75 Å². The van der Waals surface area contributed by atoms with Crippen LogP contribution in [0.1, 0.15) is 27.8 Å². The summed E-state index contributed by atoms with van der Waals surface area (Å²) in [5.41, 5.74) is 1.48. The summed E-state index contributed by atoms with van der Waals surface area (Å²) < 4.78 is 9.86. The molecule has 0 saturated carbocycles. The van der Waals surface area contributed by atoms with Crippen molar-refractivity contribution in [2.24, 2.45) is 0 Å². The van der Waals surface area contributed by atoms with Crippen LogP contribution in [0.2, 0.25) is 0 Å². The predicted molar refractivity (Wildman–Crippen MR) is 66.2 cm³/mol. The lowest BCUT2D eigenvalue weighted by molar-refractivity contribution is 0.0600. The van der Waals surface area contributed by atoms with Crippen molar-refractivity contribution >= 4 is 22.7 Å². The number of hydrogen-bond acceptors (Lipinski definition) is 4. The molecule has 18 heavy (non-hydrogen) atoms. The number of H-pyrrole nitrogens is 1. The van der Waals surface area contributed by atoms with Gasteiger partial charge in [0, 0.05) is 12.3 Å². The number of benzene rings is 1. The standard InChI is InChI=1S/C13H13NO4/c1-7(15)11-12(17-2)9-5-4-8(13(16)18-3)6-10(9)14-11/h4-6,14H,1-3H3. The van der Waals surface area contributed by atoms with Crippen LogP contribution in [0, 0.1) is 0 Å². The van der Waals surface area contributed by atoms with Gasteiger partial charge in [0.2, 0.25) is 0 Å². The fraction of sp³-hybridized carbons (Fsp3) is 0.231. The molecule has 0 radical (unpaired) electrons. The number of methoxy groups -OCH3 is 2. The van der Waals surface area contributed by atoms with E-state index in [-0.39, 0.29) is 5.78 Å². The molecule has 1 N–H and O–H groups in total. The first-order valence-corrected chi connectivity index (χ1v) is 5.37. The minimum Gasteiger partial charge on any atom is -0.494 e. The van der Waals surface area contributed by atoms with Gasteiger partial charge < -0.3 is 14.5 Å². The molecule has 0 aliphatic rings. The summed E-state index contributed by atoms with van der Waals surface area (Å²) in [6, 6.07) is 4.99. The molecule has 2 rings (SSSR count). The third-order valence-corrected chi connectivity index (χ3v) is 2.73. The number of nitrogens with one attached hydrogen (secondary N) is 1. The van der Waals surface area contributed by atoms with Gasteiger partial charge in [-0.25, -0.2) is 4.79 Å². The Morgan fingerprint density at radius 3 is 2.50 bits per heavy atom. The van der Waals surface area contributed by atoms with Crippen molar-refractivity contribution < 1.29 is 19.1 Å². The summed E-state index contributed by atoms with van der Waals surface area (Å²) in [7, 11) is 2.83. The van der Waals surface area contributed by atoms with E-state index in [4.69, 9.17) is 4.74 Å². The van der Waals surface area contributed by atoms with E-state index >= 15 is 0 Å². The molecule has 1 heterocycles. The molecule has 1 aromatic heterocycles. The maximum absolute atomic E-state index is 11.5. The molecule has 5 heteroatoms. The molecular formula is C13H13NO4. The molecule has 5 nitrogen and oxygen atoms in total. The first-order chi connectivity index (χ1) is 8.58. The predicted octanol–water partition coefficient (Wildman–Crippen LogP) is 2.17. The summed E-state index contributed by atoms with van der Waals surface area (Å²) in [5, 5.41) is 0.760. The number of rotatable bonds is 3. The smallest absolute Gasteiger partial charge is 0.337 e. The molecule has 1 aromatic carbocycles. The fourth-order valence-corrected chi connectivity index (χ4v) is 1.88. The molecule has 0 aliphatic carbocycles. The van der Waals surface area contributed by atoms with Gasteiger partial charge in [-0.1, -0.05) is 0 Å². The molecule has 94 valence electrons. The zero-order valence-electron chi connectivity index (χ0n) is 10.4. The third-order valence-electron chi connectivity index (χ3n) is 2.73. The minimum atomic E-state index is -0.421. The van der Waals surface area contributed by atoms with Gasteiger partial charge in [0.25, 0.3) is 0 Å². The normalized spacial score (nSPS) is 10.4. The highest BCUT2D eigenvalue weighted by molar-refractivity contribution is 6.05. The molecule has 0 fully saturated rings. The number of fused-ring (bicyclic) bond motifs is 1. The van der Waals surface area contributed by atoms with E-state index in [2.05, 4.69) is 9.72 Å². The molecule has 0 saturated heterocycles. The van der Waals surface area contributed by atoms with Crippen molar-refractivity contribution in [1.82, 2.24) is 4.98 Å². The highest BCUT2D eigenvalue weighted by Gasteiger charge is 2.17. The van der Waals surface area contributed by atoms with Crippen LogP contribution in [0.4, 0.5) is 0 Å². The van der Waals surface area contributed by atoms with Crippen LogP contribution in [0.5, 0.6) is 5.75 Å². The molecule has 0 spiro atoms. The highest BCUT2D eigenvalue weighted by Crippen LogP contribution is 2.30. The summed E-state index contributed by atoms with van der Waals surface area (Å²) >= 11 is 0. The summed E-state index contributed by atoms with van der Waals surface area (Å²) in [6.45, 7) is 1.45. The second kappa shape index (κ2) is 4.52. The second-order valence-electron chi connectivity index (χ2n) is 3.84. The van der Waals surface area contributed by atoms with E-state index in [1.807, 2.05) is 0 Å². The topological polar surface area (TPSA) is 68.4 Å². The Morgan fingerprint density at radius 1 is 1.22 bits per heavy atom. The van der Waals surface area contributed by atoms with Crippen molar-refractivity contribution in [3.05, 3.63) is 29.5 Å². The summed E-state index contributed by atoms with van der Waals surface area (Å²) in [5.74, 6) is -0.0496. The Bertz CT molecular complexity index is 627. The second-order valence-corrected chi connectivity index (χ2v) is 3.84. The Morgan fingerprint density at radius 2 is 1.94 bits per heavy atom. The monoisotopic (exact) mass is 247 g/mol. The van der Waals surface area contributed by atoms with E-state index in [9.17, 15) is 9.59 Å². The number of ketones is 1. The molecular weight excluding hydrogens is 234 g/mol. The van der Waals surface area contributed by atoms with Crippen LogP contribution in [0.25, 0.3) is 10.9 Å². The fourth-order valence-electron chi connectivity index (χ4n) is 1.88. The zero-order chi connectivity index (χ0) is 13.3. The molecule has 0 unspecified atom stereocenters. The van der Waals surface area contributed by atoms with Crippen molar-refractivity contribution in [2.75, 3.05) is 14.2 Å². The quantitative estimate of drug-likeness (QED) is 0.666. The zero-order valence-corrected chi connectivity index (χ0v) is 10.4. The van der Waals surface area contributed by atoms with Gasteiger partial charge in [-0.2, -0.15) is 0 Å². The van der Waals surface area contributed by atoms with Crippen molar-refractivity contribution in [1.29, 1.82) is 0 Å². The average molecular weight is 247 g/mol. The number of ether oxygens (including phenoxy) is 2. The van der Waals surface area contributed by atoms with Gasteiger partial charge in [0.1, 0.15) is 5.69 Å². The number of aromatic amines is 1. The molecule has 0 bridgehead atoms. The Labute approximate surface area is 104 Å². The van der Waals surface area contributed by atoms with E-state index in [0.717, 1.165) is 5.39 Å². The maximum Gasteiger partial charge on any atom is 0.337 e. The van der Waals surface area contributed by atoms with Gasteiger partial charge in [0.05, 0.1) is 25.3 Å². The number of esters is 1. The maximum atomic E-state index is 11.5. The van der Waals surface area contributed by atoms with Gasteiger partial charge in [0.15, 0.2) is 11.5 Å². The summed E-state index contributed by atoms with van der Waals surface area (Å²) in [4.78, 5) is 25.8. The van der Waals surface area contributed by atoms with E-state index in [1.165, 1.54) is 21.1 Å². The van der Waals surface area contributed by atoms with Crippen LogP contribution >= 0.6 is 0 Å². The van der Waals surface area contributed by atoms with E-state index in [0.29, 0.717) is 22.5 Å². The van der Waals surface area contributed by atoms with Crippen LogP contribution in [-0.4, -0.2) is 31.0 Å². The van der Waals surface area contributed by atoms with Gasteiger partial charge in [-0.05, 0) is 18.2 Å². The lowest BCUT2D eigenvalue weighted by Gasteiger charge is -2.00. The molecule has 0 amide bonds. The number of Topliss-reactive ketones (excluding diaryl/α,β-unsaturated/α-hetero) is 1. The van der Waals surface area contributed by atoms with Crippen LogP contribution in [0.15, 0.2) is 18.2 Å². The van der Waals surface area contributed by atoms with Crippen LogP contribution in [0.3, 0.4) is 0 Å². The number of carbonyl (C=O) groups is 2. The Hall–Kier alpha value is -2.30. The number of hydrogen-bond donors (Lipinski definition) is 1. The first-order valence-electron chi connectivity index (χ1n) is 5.37. The van der Waals surface area contributed by atoms with Gasteiger partial charge >= 0.3 is 5.97 Å². The SMILES string of the molecule is COC(=O)c1ccc2c(OC)c(C(C)=O)[nH]c2c1. The van der Waals surface area contributed by atoms with E-state index in [1.54, 1.807) is 18.2 Å². The van der Waals surface area contributed by atoms with Gasteiger partial charge in [-0.15, -0.1) is 0 Å². The largest absolute Gasteiger partial charge is 0.494 e. The highest BCUT2D eigenvalue weighted by atomic mass is 16.5. The molecule has 2 aromatic rings. The van der Waals surface area contributed by atoms with Crippen molar-refractivity contribution in [3.63, 3.8) is 0 Å². The van der Waals surface area contributed by atoms with Crippen LogP contribution < -0.4 is 4.74 Å². The third kappa shape index (κ3) is 1.84. The first kappa shape index (κ1) is 12.2. The summed E-state index contributed by atoms with van der Waals surface area (Å²) in [6.07, 6.45) is 0. The lowest BCUT2D eigenvalue weighted by Crippen LogP contribution is -2.00. The average Bonchev–Trinajstić information content (AvgIpc) is 2.75. The van der Waals surface area contributed by atoms with Gasteiger partial charge in [-0.3, -0.25) is 4.79 Å². The Kier molecular flexibility index (Phi) is 3.06.